The van der Waals surface area contributed by atoms with Crippen LogP contribution in [0.25, 0.3) is 11.1 Å². The SMILES string of the molecule is CC(c1ccc(OCC2CC2)c(-c2cc(O)c(=O)n(C)c2)c1)[SH](=O)=O. The van der Waals surface area contributed by atoms with Crippen LogP contribution in [0.5, 0.6) is 11.5 Å². The van der Waals surface area contributed by atoms with Crippen molar-refractivity contribution < 1.29 is 18.3 Å². The number of aryl methyl sites for hydroxylation is 1. The molecule has 1 aromatic heterocycles. The number of aromatic nitrogens is 1. The topological polar surface area (TPSA) is 85.6 Å². The van der Waals surface area contributed by atoms with Crippen LogP contribution < -0.4 is 10.3 Å². The molecule has 1 atom stereocenters. The normalized spacial score (nSPS) is 15.3. The van der Waals surface area contributed by atoms with E-state index >= 15 is 0 Å². The van der Waals surface area contributed by atoms with Gasteiger partial charge in [-0.15, -0.1) is 0 Å². The van der Waals surface area contributed by atoms with Gasteiger partial charge < -0.3 is 14.4 Å². The fraction of sp³-hybridized carbons (Fsp3) is 0.389. The van der Waals surface area contributed by atoms with Gasteiger partial charge in [0.05, 0.1) is 11.9 Å². The minimum Gasteiger partial charge on any atom is -0.503 e. The Morgan fingerprint density at radius 3 is 2.64 bits per heavy atom. The van der Waals surface area contributed by atoms with Crippen LogP contribution in [0.3, 0.4) is 0 Å². The molecule has 3 rings (SSSR count). The molecule has 1 aliphatic carbocycles. The summed E-state index contributed by atoms with van der Waals surface area (Å²) in [6.45, 7) is 2.23. The third-order valence-electron chi connectivity index (χ3n) is 4.45. The zero-order chi connectivity index (χ0) is 18.1. The van der Waals surface area contributed by atoms with E-state index in [2.05, 4.69) is 0 Å². The molecule has 0 amide bonds. The first-order valence-corrected chi connectivity index (χ1v) is 9.41. The van der Waals surface area contributed by atoms with E-state index in [1.807, 2.05) is 0 Å². The smallest absolute Gasteiger partial charge is 0.292 e. The lowest BCUT2D eigenvalue weighted by Gasteiger charge is -2.15. The number of thiol groups is 1. The minimum absolute atomic E-state index is 0.360. The van der Waals surface area contributed by atoms with Gasteiger partial charge in [0.1, 0.15) is 16.5 Å². The second-order valence-electron chi connectivity index (χ2n) is 6.50. The van der Waals surface area contributed by atoms with Crippen LogP contribution in [-0.2, 0) is 17.8 Å². The van der Waals surface area contributed by atoms with Gasteiger partial charge in [-0.1, -0.05) is 6.07 Å². The summed E-state index contributed by atoms with van der Waals surface area (Å²) in [5, 5.41) is 9.22. The van der Waals surface area contributed by atoms with Crippen molar-refractivity contribution in [2.75, 3.05) is 6.61 Å². The third-order valence-corrected chi connectivity index (χ3v) is 5.38. The fourth-order valence-corrected chi connectivity index (χ4v) is 3.02. The van der Waals surface area contributed by atoms with Gasteiger partial charge in [-0.25, -0.2) is 8.42 Å². The Morgan fingerprint density at radius 2 is 2.04 bits per heavy atom. The van der Waals surface area contributed by atoms with Crippen LogP contribution in [0.1, 0.15) is 30.6 Å². The molecule has 0 bridgehead atoms. The first kappa shape index (κ1) is 17.5. The first-order valence-electron chi connectivity index (χ1n) is 8.17. The summed E-state index contributed by atoms with van der Waals surface area (Å²) in [7, 11) is -1.05. The zero-order valence-corrected chi connectivity index (χ0v) is 15.0. The molecule has 1 unspecified atom stereocenters. The maximum Gasteiger partial charge on any atom is 0.292 e. The van der Waals surface area contributed by atoms with Crippen LogP contribution >= 0.6 is 0 Å². The summed E-state index contributed by atoms with van der Waals surface area (Å²) >= 11 is 0. The fourth-order valence-electron chi connectivity index (χ4n) is 2.61. The molecule has 0 saturated heterocycles. The molecule has 25 heavy (non-hydrogen) atoms. The molecular formula is C18H21NO5S. The van der Waals surface area contributed by atoms with Crippen LogP contribution in [-0.4, -0.2) is 24.7 Å². The van der Waals surface area contributed by atoms with E-state index in [0.717, 1.165) is 12.8 Å². The Kier molecular flexibility index (Phi) is 4.85. The molecule has 2 aromatic rings. The molecule has 7 heteroatoms. The van der Waals surface area contributed by atoms with E-state index in [-0.39, 0.29) is 5.75 Å². The summed E-state index contributed by atoms with van der Waals surface area (Å²) in [5.74, 6) is 0.819. The molecule has 1 heterocycles. The lowest BCUT2D eigenvalue weighted by Crippen LogP contribution is -2.15. The van der Waals surface area contributed by atoms with Crippen molar-refractivity contribution in [3.05, 3.63) is 46.4 Å². The quantitative estimate of drug-likeness (QED) is 0.769. The van der Waals surface area contributed by atoms with Gasteiger partial charge in [0.2, 0.25) is 0 Å². The third kappa shape index (κ3) is 3.87. The monoisotopic (exact) mass is 363 g/mol. The van der Waals surface area contributed by atoms with Gasteiger partial charge in [-0.2, -0.15) is 0 Å². The summed E-state index contributed by atoms with van der Waals surface area (Å²) in [6, 6.07) is 6.62. The highest BCUT2D eigenvalue weighted by molar-refractivity contribution is 7.72. The van der Waals surface area contributed by atoms with E-state index in [1.54, 1.807) is 38.4 Å². The number of hydrogen-bond donors (Lipinski definition) is 2. The maximum atomic E-state index is 11.7. The average molecular weight is 363 g/mol. The van der Waals surface area contributed by atoms with Crippen LogP contribution in [0, 0.1) is 5.92 Å². The van der Waals surface area contributed by atoms with Crippen molar-refractivity contribution >= 4 is 10.7 Å². The van der Waals surface area contributed by atoms with E-state index < -0.39 is 21.5 Å². The second kappa shape index (κ2) is 6.92. The lowest BCUT2D eigenvalue weighted by atomic mass is 10.0. The van der Waals surface area contributed by atoms with E-state index in [0.29, 0.717) is 35.0 Å². The molecule has 1 N–H and O–H groups in total. The Morgan fingerprint density at radius 1 is 1.32 bits per heavy atom. The highest BCUT2D eigenvalue weighted by Crippen LogP contribution is 2.36. The largest absolute Gasteiger partial charge is 0.503 e. The van der Waals surface area contributed by atoms with Gasteiger partial charge in [0, 0.05) is 24.4 Å². The highest BCUT2D eigenvalue weighted by atomic mass is 32.2. The van der Waals surface area contributed by atoms with Crippen LogP contribution in [0.2, 0.25) is 0 Å². The number of rotatable bonds is 6. The van der Waals surface area contributed by atoms with Crippen molar-refractivity contribution in [1.29, 1.82) is 0 Å². The molecule has 0 aliphatic heterocycles. The Hall–Kier alpha value is -2.28. The first-order chi connectivity index (χ1) is 11.9. The molecule has 6 nitrogen and oxygen atoms in total. The van der Waals surface area contributed by atoms with Crippen molar-refractivity contribution in [3.63, 3.8) is 0 Å². The van der Waals surface area contributed by atoms with Crippen molar-refractivity contribution in [1.82, 2.24) is 4.57 Å². The lowest BCUT2D eigenvalue weighted by molar-refractivity contribution is 0.301. The van der Waals surface area contributed by atoms with Crippen LogP contribution in [0.15, 0.2) is 35.3 Å². The predicted octanol–water partition coefficient (Wildman–Crippen LogP) is 2.22. The Balaban J connectivity index is 2.08. The highest BCUT2D eigenvalue weighted by Gasteiger charge is 2.23. The molecule has 1 aromatic carbocycles. The predicted molar refractivity (Wildman–Crippen MR) is 95.7 cm³/mol. The van der Waals surface area contributed by atoms with Crippen LogP contribution in [0.4, 0.5) is 0 Å². The maximum absolute atomic E-state index is 11.7. The molecular weight excluding hydrogens is 342 g/mol. The van der Waals surface area contributed by atoms with Gasteiger partial charge in [-0.3, -0.25) is 4.79 Å². The van der Waals surface area contributed by atoms with E-state index in [4.69, 9.17) is 4.74 Å². The number of aromatic hydroxyl groups is 1. The number of ether oxygens (including phenoxy) is 1. The summed E-state index contributed by atoms with van der Waals surface area (Å²) in [6.07, 6.45) is 3.91. The molecule has 134 valence electrons. The summed E-state index contributed by atoms with van der Waals surface area (Å²) in [5.41, 5.74) is 1.41. The average Bonchev–Trinajstić information content (AvgIpc) is 3.41. The van der Waals surface area contributed by atoms with Crippen molar-refractivity contribution in [2.24, 2.45) is 13.0 Å². The van der Waals surface area contributed by atoms with Gasteiger partial charge in [0.15, 0.2) is 5.75 Å². The van der Waals surface area contributed by atoms with Crippen molar-refractivity contribution in [2.45, 2.75) is 25.0 Å². The zero-order valence-electron chi connectivity index (χ0n) is 14.1. The number of hydrogen-bond acceptors (Lipinski definition) is 5. The van der Waals surface area contributed by atoms with E-state index in [9.17, 15) is 18.3 Å². The molecule has 1 fully saturated rings. The van der Waals surface area contributed by atoms with Gasteiger partial charge >= 0.3 is 0 Å². The molecule has 0 spiro atoms. The molecule has 1 saturated carbocycles. The Labute approximate surface area is 147 Å². The number of pyridine rings is 1. The number of nitrogens with zero attached hydrogens (tertiary/aromatic N) is 1. The number of benzene rings is 1. The van der Waals surface area contributed by atoms with Gasteiger partial charge in [-0.05, 0) is 49.4 Å². The van der Waals surface area contributed by atoms with Gasteiger partial charge in [0.25, 0.3) is 5.56 Å². The van der Waals surface area contributed by atoms with Crippen molar-refractivity contribution in [3.8, 4) is 22.6 Å². The minimum atomic E-state index is -2.60. The summed E-state index contributed by atoms with van der Waals surface area (Å²) in [4.78, 5) is 11.7. The molecule has 1 aliphatic rings. The Bertz CT molecular complexity index is 893. The second-order valence-corrected chi connectivity index (χ2v) is 7.85. The standard InChI is InChI=1S/C18H21NO5S/c1-11(25(22)23)13-5-6-17(24-10-12-3-4-12)15(7-13)14-8-16(20)18(21)19(2)9-14/h5-9,11-12,20,25H,3-4,10H2,1-2H3. The summed E-state index contributed by atoms with van der Waals surface area (Å²) < 4.78 is 29.8. The molecule has 0 radical (unpaired) electrons. The van der Waals surface area contributed by atoms with E-state index in [1.165, 1.54) is 10.6 Å².